The minimum atomic E-state index is 0.0614. The van der Waals surface area contributed by atoms with Gasteiger partial charge in [-0.2, -0.15) is 0 Å². The lowest BCUT2D eigenvalue weighted by Crippen LogP contribution is -2.24. The number of thioether (sulfide) groups is 1. The van der Waals surface area contributed by atoms with Gasteiger partial charge in [0.05, 0.1) is 22.7 Å². The Kier molecular flexibility index (Phi) is 7.74. The van der Waals surface area contributed by atoms with E-state index in [2.05, 4.69) is 180 Å². The lowest BCUT2D eigenvalue weighted by atomic mass is 9.76. The number of hydrogen-bond donors (Lipinski definition) is 0. The van der Waals surface area contributed by atoms with Crippen molar-refractivity contribution >= 4 is 74.9 Å². The smallest absolute Gasteiger partial charge is 0.0601 e. The maximum absolute atomic E-state index is 2.57. The van der Waals surface area contributed by atoms with Crippen molar-refractivity contribution in [2.24, 2.45) is 0 Å². The molecule has 0 amide bonds. The molecule has 5 aliphatic rings. The molecule has 0 radical (unpaired) electrons. The summed E-state index contributed by atoms with van der Waals surface area (Å²) in [7, 11) is 0. The van der Waals surface area contributed by atoms with E-state index in [4.69, 9.17) is 0 Å². The molecule has 4 heteroatoms. The van der Waals surface area contributed by atoms with Crippen LogP contribution in [0.2, 0.25) is 0 Å². The molecule has 7 aromatic carbocycles. The number of allylic oxidation sites excluding steroid dienone is 3. The van der Waals surface area contributed by atoms with Gasteiger partial charge in [-0.05, 0) is 119 Å². The molecule has 0 bridgehead atoms. The second-order valence-electron chi connectivity index (χ2n) is 15.9. The maximum atomic E-state index is 2.57. The Morgan fingerprint density at radius 3 is 1.93 bits per heavy atom. The van der Waals surface area contributed by atoms with Gasteiger partial charge in [0.15, 0.2) is 0 Å². The molecule has 1 saturated carbocycles. The first-order chi connectivity index (χ1) is 28.2. The van der Waals surface area contributed by atoms with E-state index in [1.807, 2.05) is 23.5 Å². The highest BCUT2D eigenvalue weighted by Crippen LogP contribution is 2.59. The zero-order chi connectivity index (χ0) is 37.5. The predicted octanol–water partition coefficient (Wildman–Crippen LogP) is 15.6. The van der Waals surface area contributed by atoms with Crippen LogP contribution in [0.4, 0.5) is 28.4 Å². The van der Waals surface area contributed by atoms with Crippen LogP contribution in [-0.2, 0) is 5.41 Å². The monoisotopic (exact) mass is 768 g/mol. The van der Waals surface area contributed by atoms with Crippen LogP contribution < -0.4 is 9.80 Å². The summed E-state index contributed by atoms with van der Waals surface area (Å²) in [4.78, 5) is 10.3. The molecule has 274 valence electrons. The molecule has 12 rings (SSSR count). The van der Waals surface area contributed by atoms with Gasteiger partial charge >= 0.3 is 0 Å². The second kappa shape index (κ2) is 13.2. The molecule has 1 spiro atoms. The highest BCUT2D eigenvalue weighted by atomic mass is 32.2. The summed E-state index contributed by atoms with van der Waals surface area (Å²) in [6.45, 7) is 0. The van der Waals surface area contributed by atoms with Crippen molar-refractivity contribution in [3.63, 3.8) is 0 Å². The first-order valence-electron chi connectivity index (χ1n) is 20.4. The van der Waals surface area contributed by atoms with Gasteiger partial charge in [-0.15, -0.1) is 0 Å². The van der Waals surface area contributed by atoms with Crippen molar-refractivity contribution in [2.45, 2.75) is 58.6 Å². The zero-order valence-corrected chi connectivity index (χ0v) is 33.3. The summed E-state index contributed by atoms with van der Waals surface area (Å²) in [5, 5.41) is 2.51. The van der Waals surface area contributed by atoms with E-state index in [0.29, 0.717) is 0 Å². The van der Waals surface area contributed by atoms with Crippen LogP contribution in [0.25, 0.3) is 34.1 Å². The van der Waals surface area contributed by atoms with Gasteiger partial charge in [0.2, 0.25) is 0 Å². The summed E-state index contributed by atoms with van der Waals surface area (Å²) in [6.07, 6.45) is 16.5. The van der Waals surface area contributed by atoms with Crippen LogP contribution in [0.3, 0.4) is 0 Å². The number of fused-ring (bicyclic) bond motifs is 9. The fraction of sp³-hybridized carbons (Fsp3) is 0.132. The van der Waals surface area contributed by atoms with E-state index in [1.165, 1.54) is 124 Å². The van der Waals surface area contributed by atoms with Gasteiger partial charge in [0.25, 0.3) is 0 Å². The fourth-order valence-corrected chi connectivity index (χ4v) is 12.5. The van der Waals surface area contributed by atoms with E-state index in [0.717, 1.165) is 12.8 Å². The van der Waals surface area contributed by atoms with Gasteiger partial charge in [0.1, 0.15) is 0 Å². The number of nitrogens with zero attached hydrogens (tertiary/aromatic N) is 2. The number of anilines is 5. The molecule has 7 aromatic rings. The summed E-state index contributed by atoms with van der Waals surface area (Å²) in [5.41, 5.74) is 16.2. The first kappa shape index (κ1) is 33.5. The van der Waals surface area contributed by atoms with Crippen LogP contribution in [-0.4, -0.2) is 0 Å². The number of benzene rings is 7. The molecule has 2 aliphatic heterocycles. The lowest BCUT2D eigenvalue weighted by Gasteiger charge is -2.36. The van der Waals surface area contributed by atoms with Gasteiger partial charge in [-0.25, -0.2) is 0 Å². The van der Waals surface area contributed by atoms with Gasteiger partial charge in [-0.3, -0.25) is 0 Å². The SMILES string of the molecule is C1=CC2=C(CC1)N(c1ccc3c(c1)C1(CCCC1)c1cc(/C=C/c4cccc5c(N6c7ccccc7Sc7ccccc76)cccc45)ccc1-3)c1ccccc1S2. The van der Waals surface area contributed by atoms with Crippen molar-refractivity contribution < 1.29 is 0 Å². The Morgan fingerprint density at radius 1 is 0.526 bits per heavy atom. The Balaban J connectivity index is 0.920. The third-order valence-corrected chi connectivity index (χ3v) is 15.1. The van der Waals surface area contributed by atoms with Gasteiger partial charge in [-0.1, -0.05) is 152 Å². The molecular weight excluding hydrogens is 729 g/mol. The third-order valence-electron chi connectivity index (χ3n) is 12.8. The van der Waals surface area contributed by atoms with E-state index < -0.39 is 0 Å². The van der Waals surface area contributed by atoms with E-state index in [-0.39, 0.29) is 5.41 Å². The molecule has 2 nitrogen and oxygen atoms in total. The van der Waals surface area contributed by atoms with Crippen molar-refractivity contribution in [1.29, 1.82) is 0 Å². The summed E-state index contributed by atoms with van der Waals surface area (Å²) >= 11 is 3.78. The van der Waals surface area contributed by atoms with Crippen LogP contribution in [0.1, 0.15) is 60.8 Å². The third kappa shape index (κ3) is 5.20. The second-order valence-corrected chi connectivity index (χ2v) is 18.1. The standard InChI is InChI=1S/C53H40N2S2/c1-5-21-49-45(16-1)54(46-17-2-6-22-50(46)56-49)37-28-30-40-39-29-26-35(33-42(39)53(43(40)34-37)31-9-10-32-53)25-27-36-13-11-15-41-38(36)14-12-20-44(41)55-47-18-3-7-23-51(47)57-52-24-8-4-19-48(52)55/h1,3-8,11-16,18-30,33-34H,2,9-10,17,31-32H2/b27-25+. The van der Waals surface area contributed by atoms with Crippen LogP contribution in [0, 0.1) is 0 Å². The van der Waals surface area contributed by atoms with Gasteiger partial charge < -0.3 is 9.80 Å². The molecule has 3 aliphatic carbocycles. The van der Waals surface area contributed by atoms with Crippen molar-refractivity contribution in [3.8, 4) is 11.1 Å². The van der Waals surface area contributed by atoms with E-state index >= 15 is 0 Å². The molecule has 1 fully saturated rings. The lowest BCUT2D eigenvalue weighted by molar-refractivity contribution is 0.550. The molecule has 57 heavy (non-hydrogen) atoms. The van der Waals surface area contributed by atoms with Crippen molar-refractivity contribution in [1.82, 2.24) is 0 Å². The Bertz CT molecular complexity index is 2850. The van der Waals surface area contributed by atoms with Crippen molar-refractivity contribution in [3.05, 3.63) is 191 Å². The summed E-state index contributed by atoms with van der Waals surface area (Å²) in [6, 6.07) is 54.7. The molecule has 0 N–H and O–H groups in total. The molecule has 2 heterocycles. The number of para-hydroxylation sites is 3. The molecule has 0 aromatic heterocycles. The first-order valence-corrected chi connectivity index (χ1v) is 22.0. The predicted molar refractivity (Wildman–Crippen MR) is 243 cm³/mol. The summed E-state index contributed by atoms with van der Waals surface area (Å²) in [5.74, 6) is 0. The van der Waals surface area contributed by atoms with E-state index in [1.54, 1.807) is 0 Å². The normalized spacial score (nSPS) is 17.1. The highest BCUT2D eigenvalue weighted by Gasteiger charge is 2.45. The average Bonchev–Trinajstić information content (AvgIpc) is 3.87. The van der Waals surface area contributed by atoms with Crippen LogP contribution in [0.15, 0.2) is 183 Å². The number of hydrogen-bond acceptors (Lipinski definition) is 4. The zero-order valence-electron chi connectivity index (χ0n) is 31.6. The minimum Gasteiger partial charge on any atom is -0.312 e. The van der Waals surface area contributed by atoms with Crippen LogP contribution in [0.5, 0.6) is 0 Å². The topological polar surface area (TPSA) is 6.48 Å². The summed E-state index contributed by atoms with van der Waals surface area (Å²) < 4.78 is 0. The van der Waals surface area contributed by atoms with Crippen molar-refractivity contribution in [2.75, 3.05) is 9.80 Å². The largest absolute Gasteiger partial charge is 0.312 e. The van der Waals surface area contributed by atoms with Crippen LogP contribution >= 0.6 is 23.5 Å². The Hall–Kier alpha value is -5.68. The average molecular weight is 769 g/mol. The molecular formula is C53H40N2S2. The molecule has 0 atom stereocenters. The minimum absolute atomic E-state index is 0.0614. The van der Waals surface area contributed by atoms with E-state index in [9.17, 15) is 0 Å². The maximum Gasteiger partial charge on any atom is 0.0601 e. The molecule has 0 saturated heterocycles. The Labute approximate surface area is 343 Å². The molecule has 0 unspecified atom stereocenters. The highest BCUT2D eigenvalue weighted by molar-refractivity contribution is 8.03. The number of rotatable bonds is 4. The fourth-order valence-electron chi connectivity index (χ4n) is 10.3. The Morgan fingerprint density at radius 2 is 1.16 bits per heavy atom. The quantitative estimate of drug-likeness (QED) is 0.164. The van der Waals surface area contributed by atoms with Gasteiger partial charge in [0, 0.05) is 41.8 Å².